The minimum absolute atomic E-state index is 0. The summed E-state index contributed by atoms with van der Waals surface area (Å²) in [5, 5.41) is 7.89. The third-order valence-corrected chi connectivity index (χ3v) is 0. The summed E-state index contributed by atoms with van der Waals surface area (Å²) >= 11 is 0. The standard InChI is InChI=1S/K.HNO2.Ni.H/c;2-1-3;;/h;(H,2,3);;. The van der Waals surface area contributed by atoms with Crippen LogP contribution in [0, 0.1) is 4.91 Å². The van der Waals surface area contributed by atoms with Gasteiger partial charge >= 0.3 is 51.4 Å². The van der Waals surface area contributed by atoms with E-state index in [1.165, 1.54) is 5.34 Å². The topological polar surface area (TPSA) is 49.7 Å². The predicted molar refractivity (Wildman–Crippen MR) is 14.7 cm³/mol. The molecule has 0 radical (unpaired) electrons. The van der Waals surface area contributed by atoms with Gasteiger partial charge in [0.15, 0.2) is 5.34 Å². The van der Waals surface area contributed by atoms with Crippen molar-refractivity contribution in [3.63, 3.8) is 0 Å². The van der Waals surface area contributed by atoms with Gasteiger partial charge in [-0.25, -0.2) is 0 Å². The van der Waals surface area contributed by atoms with Crippen molar-refractivity contribution in [2.75, 3.05) is 0 Å². The van der Waals surface area contributed by atoms with E-state index in [9.17, 15) is 0 Å². The summed E-state index contributed by atoms with van der Waals surface area (Å²) in [6.45, 7) is 0. The molecule has 0 saturated heterocycles. The quantitative estimate of drug-likeness (QED) is 0.284. The zero-order valence-corrected chi connectivity index (χ0v) is 2.61. The molecule has 1 N–H and O–H groups in total. The van der Waals surface area contributed by atoms with Gasteiger partial charge in [0.05, 0.1) is 0 Å². The molecule has 5 heavy (non-hydrogen) atoms. The van der Waals surface area contributed by atoms with Crippen molar-refractivity contribution in [3.05, 3.63) is 4.91 Å². The van der Waals surface area contributed by atoms with Crippen molar-refractivity contribution >= 4 is 51.4 Å². The smallest absolute Gasteiger partial charge is 0 e. The molecular formula is H2KNNiO2. The second-order valence-corrected chi connectivity index (χ2v) is 0.0816. The molecule has 0 saturated carbocycles. The fourth-order valence-electron chi connectivity index (χ4n) is 0. The predicted octanol–water partition coefficient (Wildman–Crippen LogP) is -0.509. The molecular weight excluding hydrogens is 144 g/mol. The Morgan fingerprint density at radius 2 is 1.60 bits per heavy atom. The average molecular weight is 146 g/mol. The van der Waals surface area contributed by atoms with E-state index in [1.54, 1.807) is 0 Å². The monoisotopic (exact) mass is 145 g/mol. The van der Waals surface area contributed by atoms with Crippen LogP contribution < -0.4 is 0 Å². The number of hydrogen-bond acceptors (Lipinski definition) is 2. The maximum Gasteiger partial charge on any atom is 0 e. The van der Waals surface area contributed by atoms with E-state index in [4.69, 9.17) is 10.1 Å². The molecule has 30 valence electrons. The van der Waals surface area contributed by atoms with Gasteiger partial charge in [0.25, 0.3) is 0 Å². The van der Waals surface area contributed by atoms with Crippen LogP contribution in [0.2, 0.25) is 0 Å². The number of rotatable bonds is 0. The van der Waals surface area contributed by atoms with Crippen molar-refractivity contribution in [2.45, 2.75) is 0 Å². The fourth-order valence-corrected chi connectivity index (χ4v) is 0. The first-order valence-electron chi connectivity index (χ1n) is 0.383. The third kappa shape index (κ3) is 29.4. The minimum atomic E-state index is 0. The summed E-state index contributed by atoms with van der Waals surface area (Å²) < 4.78 is 0. The second kappa shape index (κ2) is 17.7. The maximum atomic E-state index is 8.11. The Balaban J connectivity index is -0.0000000200. The van der Waals surface area contributed by atoms with Gasteiger partial charge < -0.3 is 5.21 Å². The van der Waals surface area contributed by atoms with Crippen LogP contribution >= 0.6 is 0 Å². The van der Waals surface area contributed by atoms with Gasteiger partial charge in [0.2, 0.25) is 0 Å². The molecule has 0 fully saturated rings. The van der Waals surface area contributed by atoms with Crippen LogP contribution in [0.3, 0.4) is 0 Å². The minimum Gasteiger partial charge on any atom is 0 e. The molecule has 0 heterocycles. The van der Waals surface area contributed by atoms with Crippen LogP contribution in [0.4, 0.5) is 0 Å². The summed E-state index contributed by atoms with van der Waals surface area (Å²) in [5.74, 6) is 0. The SMILES string of the molecule is O=NO.[KH].[Ni]. The molecule has 0 amide bonds. The van der Waals surface area contributed by atoms with Crippen molar-refractivity contribution < 1.29 is 21.7 Å². The first-order valence-corrected chi connectivity index (χ1v) is 0.383. The van der Waals surface area contributed by atoms with Gasteiger partial charge in [0, 0.05) is 16.5 Å². The molecule has 0 atom stereocenters. The summed E-state index contributed by atoms with van der Waals surface area (Å²) in [5.41, 5.74) is 0. The second-order valence-electron chi connectivity index (χ2n) is 0.0816. The molecule has 0 aromatic carbocycles. The Labute approximate surface area is 81.8 Å². The third-order valence-electron chi connectivity index (χ3n) is 0. The molecule has 0 spiro atoms. The largest absolute Gasteiger partial charge is 0 e. The summed E-state index contributed by atoms with van der Waals surface area (Å²) in [6, 6.07) is 0. The van der Waals surface area contributed by atoms with E-state index < -0.39 is 0 Å². The van der Waals surface area contributed by atoms with E-state index in [2.05, 4.69) is 0 Å². The van der Waals surface area contributed by atoms with Crippen molar-refractivity contribution in [1.82, 2.24) is 0 Å². The molecule has 0 aromatic heterocycles. The maximum absolute atomic E-state index is 8.11. The summed E-state index contributed by atoms with van der Waals surface area (Å²) in [7, 11) is 0. The number of hydrogen-bond donors (Lipinski definition) is 1. The summed E-state index contributed by atoms with van der Waals surface area (Å²) in [4.78, 5) is 8.11. The van der Waals surface area contributed by atoms with Crippen LogP contribution in [0.1, 0.15) is 0 Å². The van der Waals surface area contributed by atoms with Crippen LogP contribution in [-0.2, 0) is 16.5 Å². The molecule has 5 heteroatoms. The Kier molecular flexibility index (Phi) is 56.8. The normalized spacial score (nSPS) is 2.40. The Morgan fingerprint density at radius 1 is 1.60 bits per heavy atom. The average Bonchev–Trinajstić information content (AvgIpc) is 0.918. The number of nitrogens with zero attached hydrogens (tertiary/aromatic N) is 1. The van der Waals surface area contributed by atoms with Crippen LogP contribution in [0.25, 0.3) is 0 Å². The molecule has 0 rings (SSSR count). The van der Waals surface area contributed by atoms with Crippen molar-refractivity contribution in [3.8, 4) is 0 Å². The van der Waals surface area contributed by atoms with Gasteiger partial charge in [0.1, 0.15) is 0 Å². The van der Waals surface area contributed by atoms with Gasteiger partial charge in [-0.1, -0.05) is 0 Å². The van der Waals surface area contributed by atoms with Gasteiger partial charge in [-0.3, -0.25) is 0 Å². The van der Waals surface area contributed by atoms with Gasteiger partial charge in [-0.15, -0.1) is 4.91 Å². The fraction of sp³-hybridized carbons (Fsp3) is 0. The first-order chi connectivity index (χ1) is 1.41. The van der Waals surface area contributed by atoms with E-state index in [0.717, 1.165) is 0 Å². The Bertz CT molecular complexity index is 17.1. The van der Waals surface area contributed by atoms with Gasteiger partial charge in [-0.2, -0.15) is 0 Å². The van der Waals surface area contributed by atoms with Gasteiger partial charge in [-0.05, 0) is 0 Å². The van der Waals surface area contributed by atoms with E-state index >= 15 is 0 Å². The van der Waals surface area contributed by atoms with E-state index in [1.807, 2.05) is 0 Å². The molecule has 0 unspecified atom stereocenters. The molecule has 0 aliphatic heterocycles. The molecule has 0 aliphatic rings. The Morgan fingerprint density at radius 3 is 1.60 bits per heavy atom. The van der Waals surface area contributed by atoms with Crippen LogP contribution in [-0.4, -0.2) is 56.6 Å². The van der Waals surface area contributed by atoms with E-state index in [-0.39, 0.29) is 67.9 Å². The van der Waals surface area contributed by atoms with Crippen molar-refractivity contribution in [2.24, 2.45) is 5.34 Å². The zero-order chi connectivity index (χ0) is 2.71. The Hall–Kier alpha value is 1.53. The van der Waals surface area contributed by atoms with Crippen molar-refractivity contribution in [1.29, 1.82) is 0 Å². The van der Waals surface area contributed by atoms with Crippen LogP contribution in [0.5, 0.6) is 0 Å². The molecule has 0 aliphatic carbocycles. The van der Waals surface area contributed by atoms with Crippen LogP contribution in [0.15, 0.2) is 5.34 Å². The zero-order valence-electron chi connectivity index (χ0n) is 1.62. The molecule has 3 nitrogen and oxygen atoms in total. The first kappa shape index (κ1) is 16.0. The molecule has 0 bridgehead atoms. The summed E-state index contributed by atoms with van der Waals surface area (Å²) in [6.07, 6.45) is 0. The molecule has 0 aromatic rings. The van der Waals surface area contributed by atoms with E-state index in [0.29, 0.717) is 0 Å².